The second kappa shape index (κ2) is 6.28. The van der Waals surface area contributed by atoms with E-state index < -0.39 is 17.8 Å². The minimum Gasteiger partial charge on any atom is -0.465 e. The molecule has 0 aliphatic carbocycles. The van der Waals surface area contributed by atoms with Crippen LogP contribution in [0.1, 0.15) is 12.5 Å². The molecule has 0 aromatic heterocycles. The molecule has 5 nitrogen and oxygen atoms in total. The van der Waals surface area contributed by atoms with E-state index in [0.29, 0.717) is 10.6 Å². The molecular weight excluding hydrogens is 371 g/mol. The Morgan fingerprint density at radius 3 is 2.42 bits per heavy atom. The first-order valence-corrected chi connectivity index (χ1v) is 7.82. The zero-order chi connectivity index (χ0) is 19.1. The molecule has 0 saturated carbocycles. The molecule has 0 radical (unpaired) electrons. The van der Waals surface area contributed by atoms with E-state index in [1.165, 1.54) is 35.2 Å². The molecule has 0 fully saturated rings. The molecule has 0 bridgehead atoms. The van der Waals surface area contributed by atoms with Crippen LogP contribution in [-0.4, -0.2) is 41.5 Å². The molecule has 1 atom stereocenters. The van der Waals surface area contributed by atoms with Crippen LogP contribution in [0, 0.1) is 0 Å². The second-order valence-electron chi connectivity index (χ2n) is 5.65. The Kier molecular flexibility index (Phi) is 4.39. The number of hydrogen-bond donors (Lipinski definition) is 0. The van der Waals surface area contributed by atoms with Crippen LogP contribution in [-0.2, 0) is 9.53 Å². The topological polar surface area (TPSA) is 54.3 Å². The van der Waals surface area contributed by atoms with Gasteiger partial charge in [0.2, 0.25) is 0 Å². The lowest BCUT2D eigenvalue weighted by Gasteiger charge is -2.36. The Labute approximate surface area is 152 Å². The number of amidine groups is 2. The van der Waals surface area contributed by atoms with Gasteiger partial charge in [0.15, 0.2) is 0 Å². The van der Waals surface area contributed by atoms with Crippen molar-refractivity contribution in [1.82, 2.24) is 4.90 Å². The number of rotatable bonds is 2. The number of fused-ring (bicyclic) bond motifs is 1. The van der Waals surface area contributed by atoms with E-state index in [1.807, 2.05) is 0 Å². The summed E-state index contributed by atoms with van der Waals surface area (Å²) in [4.78, 5) is 20.8. The fourth-order valence-electron chi connectivity index (χ4n) is 2.54. The number of aliphatic imine (C=N–C) groups is 2. The quantitative estimate of drug-likeness (QED) is 0.732. The van der Waals surface area contributed by atoms with Crippen LogP contribution in [0.2, 0.25) is 5.02 Å². The Morgan fingerprint density at radius 1 is 1.19 bits per heavy atom. The molecular formula is C17H13ClF3N3O2. The van der Waals surface area contributed by atoms with E-state index in [1.54, 1.807) is 19.2 Å². The molecule has 3 rings (SSSR count). The van der Waals surface area contributed by atoms with E-state index in [0.717, 1.165) is 12.7 Å². The van der Waals surface area contributed by atoms with Gasteiger partial charge in [0.25, 0.3) is 0 Å². The molecule has 2 heterocycles. The summed E-state index contributed by atoms with van der Waals surface area (Å²) < 4.78 is 45.9. The number of carbonyl (C=O) groups excluding carboxylic acids is 1. The molecule has 2 aliphatic heterocycles. The van der Waals surface area contributed by atoms with Crippen LogP contribution in [0.5, 0.6) is 0 Å². The summed E-state index contributed by atoms with van der Waals surface area (Å²) in [5, 5.41) is 0.416. The SMILES string of the molecule is COC(=O)[C@@]1(C(F)(F)F)N=C2C=CC(C)=CN2C(c2ccc(Cl)cc2)=N1. The van der Waals surface area contributed by atoms with Gasteiger partial charge in [-0.2, -0.15) is 13.2 Å². The van der Waals surface area contributed by atoms with Gasteiger partial charge in [-0.25, -0.2) is 14.8 Å². The highest BCUT2D eigenvalue weighted by Gasteiger charge is 2.64. The van der Waals surface area contributed by atoms with Gasteiger partial charge < -0.3 is 4.74 Å². The number of methoxy groups -OCH3 is 1. The molecule has 0 N–H and O–H groups in total. The summed E-state index contributed by atoms with van der Waals surface area (Å²) in [6.07, 6.45) is -0.507. The minimum atomic E-state index is -5.08. The van der Waals surface area contributed by atoms with Crippen molar-refractivity contribution in [3.63, 3.8) is 0 Å². The molecule has 0 unspecified atom stereocenters. The maximum absolute atomic E-state index is 13.8. The number of nitrogens with zero attached hydrogens (tertiary/aromatic N) is 3. The standard InChI is InChI=1S/C17H13ClF3N3O2/c1-10-3-8-13-22-16(15(25)26-2,17(19,20)21)23-14(24(13)9-10)11-4-6-12(18)7-5-11/h3-9H,1-2H3/t16-/m1/s1. The van der Waals surface area contributed by atoms with Crippen LogP contribution in [0.3, 0.4) is 0 Å². The third kappa shape index (κ3) is 2.90. The predicted octanol–water partition coefficient (Wildman–Crippen LogP) is 3.71. The Hall–Kier alpha value is -2.61. The maximum atomic E-state index is 13.8. The Balaban J connectivity index is 2.27. The lowest BCUT2D eigenvalue weighted by Crippen LogP contribution is -2.55. The normalized spacial score (nSPS) is 22.2. The molecule has 1 aromatic carbocycles. The average Bonchev–Trinajstić information content (AvgIpc) is 2.60. The zero-order valence-electron chi connectivity index (χ0n) is 13.7. The van der Waals surface area contributed by atoms with Gasteiger partial charge in [-0.1, -0.05) is 17.7 Å². The molecule has 26 heavy (non-hydrogen) atoms. The van der Waals surface area contributed by atoms with Crippen molar-refractivity contribution in [1.29, 1.82) is 0 Å². The summed E-state index contributed by atoms with van der Waals surface area (Å²) in [6, 6.07) is 6.08. The van der Waals surface area contributed by atoms with Crippen molar-refractivity contribution >= 4 is 29.2 Å². The van der Waals surface area contributed by atoms with Gasteiger partial charge in [-0.15, -0.1) is 0 Å². The molecule has 0 saturated heterocycles. The first-order valence-electron chi connectivity index (χ1n) is 7.44. The predicted molar refractivity (Wildman–Crippen MR) is 91.0 cm³/mol. The van der Waals surface area contributed by atoms with E-state index in [4.69, 9.17) is 11.6 Å². The zero-order valence-corrected chi connectivity index (χ0v) is 14.5. The van der Waals surface area contributed by atoms with Crippen LogP contribution < -0.4 is 0 Å². The third-order valence-electron chi connectivity index (χ3n) is 3.81. The first-order chi connectivity index (χ1) is 12.2. The highest BCUT2D eigenvalue weighted by Crippen LogP contribution is 2.40. The maximum Gasteiger partial charge on any atom is 0.445 e. The van der Waals surface area contributed by atoms with E-state index in [-0.39, 0.29) is 11.7 Å². The summed E-state index contributed by atoms with van der Waals surface area (Å²) in [6.45, 7) is 1.78. The van der Waals surface area contributed by atoms with Crippen LogP contribution in [0.15, 0.2) is 58.2 Å². The highest BCUT2D eigenvalue weighted by atomic mass is 35.5. The number of esters is 1. The van der Waals surface area contributed by atoms with Crippen LogP contribution in [0.4, 0.5) is 13.2 Å². The Bertz CT molecular complexity index is 872. The fraction of sp³-hybridized carbons (Fsp3) is 0.235. The largest absolute Gasteiger partial charge is 0.465 e. The van der Waals surface area contributed by atoms with Gasteiger partial charge in [0, 0.05) is 16.8 Å². The molecule has 1 aromatic rings. The molecule has 2 aliphatic rings. The van der Waals surface area contributed by atoms with E-state index >= 15 is 0 Å². The molecule has 0 amide bonds. The minimum absolute atomic E-state index is 0.0710. The lowest BCUT2D eigenvalue weighted by atomic mass is 10.1. The average molecular weight is 384 g/mol. The number of allylic oxidation sites excluding steroid dienone is 2. The number of alkyl halides is 3. The number of benzene rings is 1. The number of halogens is 4. The van der Waals surface area contributed by atoms with Crippen molar-refractivity contribution in [2.75, 3.05) is 7.11 Å². The highest BCUT2D eigenvalue weighted by molar-refractivity contribution is 6.30. The smallest absolute Gasteiger partial charge is 0.445 e. The molecule has 9 heteroatoms. The Morgan fingerprint density at radius 2 is 1.85 bits per heavy atom. The summed E-state index contributed by atoms with van der Waals surface area (Å²) in [5.41, 5.74) is -2.24. The molecule has 0 spiro atoms. The third-order valence-corrected chi connectivity index (χ3v) is 4.07. The number of hydrogen-bond acceptors (Lipinski definition) is 5. The summed E-state index contributed by atoms with van der Waals surface area (Å²) >= 11 is 5.86. The van der Waals surface area contributed by atoms with Crippen molar-refractivity contribution in [3.05, 3.63) is 58.8 Å². The molecule has 136 valence electrons. The van der Waals surface area contributed by atoms with Crippen LogP contribution >= 0.6 is 11.6 Å². The summed E-state index contributed by atoms with van der Waals surface area (Å²) in [5.74, 6) is -1.76. The fourth-order valence-corrected chi connectivity index (χ4v) is 2.66. The van der Waals surface area contributed by atoms with Gasteiger partial charge in [-0.05, 0) is 42.8 Å². The lowest BCUT2D eigenvalue weighted by molar-refractivity contribution is -0.202. The second-order valence-corrected chi connectivity index (χ2v) is 6.09. The van der Waals surface area contributed by atoms with Crippen molar-refractivity contribution in [3.8, 4) is 0 Å². The van der Waals surface area contributed by atoms with Gasteiger partial charge >= 0.3 is 17.8 Å². The van der Waals surface area contributed by atoms with Gasteiger partial charge in [0.05, 0.1) is 7.11 Å². The van der Waals surface area contributed by atoms with Crippen molar-refractivity contribution < 1.29 is 22.7 Å². The first kappa shape index (κ1) is 18.2. The monoisotopic (exact) mass is 383 g/mol. The van der Waals surface area contributed by atoms with Gasteiger partial charge in [-0.3, -0.25) is 4.90 Å². The number of carbonyl (C=O) groups is 1. The van der Waals surface area contributed by atoms with E-state index in [2.05, 4.69) is 14.7 Å². The van der Waals surface area contributed by atoms with Gasteiger partial charge in [0.1, 0.15) is 11.7 Å². The van der Waals surface area contributed by atoms with Crippen LogP contribution in [0.25, 0.3) is 0 Å². The van der Waals surface area contributed by atoms with Crippen molar-refractivity contribution in [2.45, 2.75) is 18.8 Å². The number of ether oxygens (including phenoxy) is 1. The van der Waals surface area contributed by atoms with E-state index in [9.17, 15) is 18.0 Å². The summed E-state index contributed by atoms with van der Waals surface area (Å²) in [7, 11) is 0.862. The van der Waals surface area contributed by atoms with Crippen molar-refractivity contribution in [2.24, 2.45) is 9.98 Å².